The maximum atomic E-state index is 14.5. The summed E-state index contributed by atoms with van der Waals surface area (Å²) in [6.45, 7) is 7.40. The fourth-order valence-electron chi connectivity index (χ4n) is 6.64. The van der Waals surface area contributed by atoms with Crippen LogP contribution in [-0.4, -0.2) is 77.1 Å². The number of nitrogens with zero attached hydrogens (tertiary/aromatic N) is 6. The van der Waals surface area contributed by atoms with Crippen LogP contribution in [0.1, 0.15) is 66.2 Å². The molecule has 0 unspecified atom stereocenters. The molecule has 1 amide bonds. The van der Waals surface area contributed by atoms with Crippen LogP contribution < -0.4 is 14.4 Å². The largest absolute Gasteiger partial charge is 0.475 e. The number of benzene rings is 2. The highest BCUT2D eigenvalue weighted by atomic mass is 32.2. The van der Waals surface area contributed by atoms with Crippen LogP contribution in [0.25, 0.3) is 11.3 Å². The van der Waals surface area contributed by atoms with Crippen LogP contribution in [0.3, 0.4) is 0 Å². The number of hydrogen-bond donors (Lipinski definition) is 1. The average molecular weight is 684 g/mol. The molecule has 2 atom stereocenters. The Morgan fingerprint density at radius 2 is 1.78 bits per heavy atom. The Kier molecular flexibility index (Phi) is 9.21. The number of sulfonamides is 1. The fraction of sp³-hybridized carbons (Fsp3) is 0.417. The van der Waals surface area contributed by atoms with Crippen molar-refractivity contribution in [3.8, 4) is 17.1 Å². The van der Waals surface area contributed by atoms with Crippen molar-refractivity contribution in [3.05, 3.63) is 83.3 Å². The van der Waals surface area contributed by atoms with Gasteiger partial charge in [0.25, 0.3) is 15.9 Å². The van der Waals surface area contributed by atoms with Crippen molar-refractivity contribution < 1.29 is 22.7 Å². The van der Waals surface area contributed by atoms with Gasteiger partial charge in [0.2, 0.25) is 11.8 Å². The first-order valence-electron chi connectivity index (χ1n) is 16.9. The van der Waals surface area contributed by atoms with E-state index in [0.29, 0.717) is 17.4 Å². The van der Waals surface area contributed by atoms with Gasteiger partial charge in [0, 0.05) is 29.8 Å². The number of aromatic nitrogens is 4. The Hall–Kier alpha value is -4.62. The number of fused-ring (bicyclic) bond motifs is 4. The Morgan fingerprint density at radius 3 is 2.55 bits per heavy atom. The summed E-state index contributed by atoms with van der Waals surface area (Å²) >= 11 is 0. The second-order valence-electron chi connectivity index (χ2n) is 13.0. The maximum absolute atomic E-state index is 14.5. The first kappa shape index (κ1) is 32.9. The van der Waals surface area contributed by atoms with Gasteiger partial charge in [-0.25, -0.2) is 23.1 Å². The molecule has 13 heteroatoms. The molecule has 0 radical (unpaired) electrons. The normalized spacial score (nSPS) is 20.5. The lowest BCUT2D eigenvalue weighted by Gasteiger charge is -2.32. The van der Waals surface area contributed by atoms with Gasteiger partial charge in [-0.15, -0.1) is 0 Å². The third-order valence-electron chi connectivity index (χ3n) is 9.38. The minimum atomic E-state index is -4.18. The number of nitrogens with one attached hydrogen (secondary N) is 1. The van der Waals surface area contributed by atoms with Gasteiger partial charge in [-0.3, -0.25) is 9.78 Å². The second-order valence-corrected chi connectivity index (χ2v) is 14.7. The molecular formula is C36H41N7O5S. The quantitative estimate of drug-likeness (QED) is 0.260. The number of carbonyl (C=O) groups is 1. The van der Waals surface area contributed by atoms with Crippen LogP contribution >= 0.6 is 0 Å². The molecule has 1 N–H and O–H groups in total. The molecule has 49 heavy (non-hydrogen) atoms. The van der Waals surface area contributed by atoms with E-state index in [1.165, 1.54) is 12.1 Å². The maximum Gasteiger partial charge on any atom is 0.264 e. The molecule has 2 aromatic carbocycles. The van der Waals surface area contributed by atoms with Gasteiger partial charge in [0.1, 0.15) is 12.4 Å². The summed E-state index contributed by atoms with van der Waals surface area (Å²) in [6.07, 6.45) is 8.71. The molecule has 2 aromatic heterocycles. The summed E-state index contributed by atoms with van der Waals surface area (Å²) in [5.41, 5.74) is 4.13. The van der Waals surface area contributed by atoms with E-state index < -0.39 is 16.1 Å². The molecule has 4 aromatic rings. The molecule has 1 saturated carbocycles. The predicted molar refractivity (Wildman–Crippen MR) is 185 cm³/mol. The van der Waals surface area contributed by atoms with Crippen molar-refractivity contribution >= 4 is 27.7 Å². The number of ether oxygens (including phenoxy) is 2. The molecule has 4 heterocycles. The monoisotopic (exact) mass is 683 g/mol. The number of aryl methyl sites for hydroxylation is 2. The predicted octanol–water partition coefficient (Wildman–Crippen LogP) is 5.31. The molecule has 4 bridgehead atoms. The third kappa shape index (κ3) is 7.23. The van der Waals surface area contributed by atoms with Gasteiger partial charge < -0.3 is 19.3 Å². The van der Waals surface area contributed by atoms with Crippen LogP contribution in [0.4, 0.5) is 11.8 Å². The van der Waals surface area contributed by atoms with E-state index >= 15 is 0 Å². The summed E-state index contributed by atoms with van der Waals surface area (Å²) in [5.74, 6) is 0.446. The first-order chi connectivity index (χ1) is 23.7. The number of amides is 1. The highest BCUT2D eigenvalue weighted by Crippen LogP contribution is 2.31. The van der Waals surface area contributed by atoms with Crippen LogP contribution in [-0.2, 0) is 21.3 Å². The molecular weight excluding hydrogens is 643 g/mol. The molecule has 7 rings (SSSR count). The van der Waals surface area contributed by atoms with Crippen molar-refractivity contribution in [1.29, 1.82) is 0 Å². The molecule has 256 valence electrons. The second kappa shape index (κ2) is 13.7. The van der Waals surface area contributed by atoms with Crippen LogP contribution in [0.5, 0.6) is 5.88 Å². The highest BCUT2D eigenvalue weighted by Gasteiger charge is 2.32. The van der Waals surface area contributed by atoms with E-state index in [9.17, 15) is 13.2 Å². The standard InChI is InChI=1S/C36H41N7O5S/c1-4-27-11-7-15-42(27)32-19-37-18-26(38-32)20-43-28(21-47-29-13-14-29)22-48-33-17-31(34-23(2)8-5-9-24(34)3)39-36(40-33)41-49(45,46)30-12-6-10-25(16-30)35(43)44/h5-6,8-10,12,16-19,27-29H,4,7,11,13-15,20-22H2,1-3H3,(H,39,40,41)/t27-,28-/m1/s1. The van der Waals surface area contributed by atoms with Crippen molar-refractivity contribution in [2.75, 3.05) is 29.4 Å². The van der Waals surface area contributed by atoms with E-state index in [1.54, 1.807) is 35.5 Å². The summed E-state index contributed by atoms with van der Waals surface area (Å²) in [6, 6.07) is 13.4. The molecule has 3 aliphatic rings. The van der Waals surface area contributed by atoms with Gasteiger partial charge in [-0.1, -0.05) is 31.2 Å². The van der Waals surface area contributed by atoms with Gasteiger partial charge >= 0.3 is 0 Å². The van der Waals surface area contributed by atoms with E-state index in [0.717, 1.165) is 61.2 Å². The van der Waals surface area contributed by atoms with Gasteiger partial charge in [0.15, 0.2) is 0 Å². The van der Waals surface area contributed by atoms with Crippen LogP contribution in [0.15, 0.2) is 65.8 Å². The molecule has 0 spiro atoms. The van der Waals surface area contributed by atoms with Crippen molar-refractivity contribution in [2.24, 2.45) is 0 Å². The minimum absolute atomic E-state index is 0.0324. The van der Waals surface area contributed by atoms with Gasteiger partial charge in [-0.2, -0.15) is 4.98 Å². The lowest BCUT2D eigenvalue weighted by atomic mass is 10.00. The molecule has 12 nitrogen and oxygen atoms in total. The number of hydrogen-bond acceptors (Lipinski definition) is 10. The zero-order valence-corrected chi connectivity index (χ0v) is 28.8. The Bertz CT molecular complexity index is 1950. The zero-order valence-electron chi connectivity index (χ0n) is 28.0. The summed E-state index contributed by atoms with van der Waals surface area (Å²) in [4.78, 5) is 36.9. The Morgan fingerprint density at radius 1 is 0.980 bits per heavy atom. The van der Waals surface area contributed by atoms with Gasteiger partial charge in [0.05, 0.1) is 54.0 Å². The highest BCUT2D eigenvalue weighted by molar-refractivity contribution is 7.92. The average Bonchev–Trinajstić information content (AvgIpc) is 3.80. The SMILES string of the molecule is CC[C@@H]1CCCN1c1cncc(CN2C(=O)c3cccc(c3)S(=O)(=O)Nc3nc(cc(-c4c(C)cccc4C)n3)OC[C@H]2COC2CC2)n1. The van der Waals surface area contributed by atoms with Crippen molar-refractivity contribution in [1.82, 2.24) is 24.8 Å². The first-order valence-corrected chi connectivity index (χ1v) is 18.4. The smallest absolute Gasteiger partial charge is 0.264 e. The van der Waals surface area contributed by atoms with E-state index in [4.69, 9.17) is 14.5 Å². The van der Waals surface area contributed by atoms with E-state index in [-0.39, 0.29) is 54.1 Å². The topological polar surface area (TPSA) is 140 Å². The third-order valence-corrected chi connectivity index (χ3v) is 10.7. The number of carbonyl (C=O) groups excluding carboxylic acids is 1. The fourth-order valence-corrected chi connectivity index (χ4v) is 7.63. The summed E-state index contributed by atoms with van der Waals surface area (Å²) in [7, 11) is -4.18. The van der Waals surface area contributed by atoms with Crippen molar-refractivity contribution in [2.45, 2.75) is 82.5 Å². The molecule has 2 fully saturated rings. The molecule has 2 aliphatic heterocycles. The molecule has 1 saturated heterocycles. The van der Waals surface area contributed by atoms with E-state index in [2.05, 4.69) is 31.5 Å². The minimum Gasteiger partial charge on any atom is -0.475 e. The van der Waals surface area contributed by atoms with Gasteiger partial charge in [-0.05, 0) is 75.3 Å². The zero-order chi connectivity index (χ0) is 34.1. The summed E-state index contributed by atoms with van der Waals surface area (Å²) in [5, 5.41) is 0. The Labute approximate surface area is 287 Å². The number of anilines is 2. The lowest BCUT2D eigenvalue weighted by Crippen LogP contribution is -2.46. The molecule has 1 aliphatic carbocycles. The van der Waals surface area contributed by atoms with Crippen molar-refractivity contribution in [3.63, 3.8) is 0 Å². The Balaban J connectivity index is 1.31. The number of rotatable bonds is 8. The lowest BCUT2D eigenvalue weighted by molar-refractivity contribution is 0.0209. The van der Waals surface area contributed by atoms with Crippen LogP contribution in [0.2, 0.25) is 0 Å². The van der Waals surface area contributed by atoms with Crippen LogP contribution in [0, 0.1) is 13.8 Å². The summed E-state index contributed by atoms with van der Waals surface area (Å²) < 4.78 is 42.5. The van der Waals surface area contributed by atoms with E-state index in [1.807, 2.05) is 32.0 Å².